The van der Waals surface area contributed by atoms with Crippen LogP contribution in [0.15, 0.2) is 66.9 Å². The molecule has 5 nitrogen and oxygen atoms in total. The Labute approximate surface area is 166 Å². The van der Waals surface area contributed by atoms with Crippen LogP contribution in [0.3, 0.4) is 0 Å². The van der Waals surface area contributed by atoms with Gasteiger partial charge < -0.3 is 10.2 Å². The fourth-order valence-electron chi connectivity index (χ4n) is 2.95. The summed E-state index contributed by atoms with van der Waals surface area (Å²) in [5.41, 5.74) is 0.984. The molecule has 0 radical (unpaired) electrons. The summed E-state index contributed by atoms with van der Waals surface area (Å²) in [6, 6.07) is 17.0. The Hall–Kier alpha value is -3.13. The molecule has 0 fully saturated rings. The Balaban J connectivity index is 1.66. The quantitative estimate of drug-likeness (QED) is 0.680. The summed E-state index contributed by atoms with van der Waals surface area (Å²) in [6.07, 6.45) is -3.26. The molecular formula is C21H21F3N4O. The summed E-state index contributed by atoms with van der Waals surface area (Å²) in [6.45, 7) is 0.422. The lowest BCUT2D eigenvalue weighted by atomic mass is 10.1. The third-order valence-corrected chi connectivity index (χ3v) is 4.54. The molecular weight excluding hydrogens is 381 g/mol. The first-order chi connectivity index (χ1) is 13.8. The average molecular weight is 402 g/mol. The number of aromatic nitrogens is 2. The second kappa shape index (κ2) is 8.48. The van der Waals surface area contributed by atoms with Gasteiger partial charge in [-0.05, 0) is 50.0 Å². The number of carbonyl (C=O) groups is 1. The molecule has 0 saturated heterocycles. The van der Waals surface area contributed by atoms with Crippen molar-refractivity contribution in [3.8, 4) is 5.69 Å². The zero-order valence-electron chi connectivity index (χ0n) is 16.0. The molecule has 0 saturated carbocycles. The van der Waals surface area contributed by atoms with Gasteiger partial charge in [-0.1, -0.05) is 30.3 Å². The van der Waals surface area contributed by atoms with E-state index >= 15 is 0 Å². The van der Waals surface area contributed by atoms with E-state index in [4.69, 9.17) is 0 Å². The van der Waals surface area contributed by atoms with Gasteiger partial charge in [0.25, 0.3) is 5.91 Å². The van der Waals surface area contributed by atoms with Crippen LogP contribution in [0.2, 0.25) is 0 Å². The zero-order valence-corrected chi connectivity index (χ0v) is 16.0. The number of nitrogens with one attached hydrogen (secondary N) is 1. The highest BCUT2D eigenvalue weighted by Gasteiger charge is 2.33. The van der Waals surface area contributed by atoms with E-state index in [1.165, 1.54) is 6.20 Å². The van der Waals surface area contributed by atoms with E-state index < -0.39 is 11.9 Å². The van der Waals surface area contributed by atoms with Crippen LogP contribution < -0.4 is 5.32 Å². The van der Waals surface area contributed by atoms with E-state index in [1.807, 2.05) is 49.3 Å². The number of carbonyl (C=O) groups excluding carboxylic acids is 1. The summed E-state index contributed by atoms with van der Waals surface area (Å²) in [5, 5.41) is 6.43. The van der Waals surface area contributed by atoms with Crippen molar-refractivity contribution in [2.45, 2.75) is 12.2 Å². The minimum atomic E-state index is -4.49. The number of hydrogen-bond donors (Lipinski definition) is 1. The topological polar surface area (TPSA) is 50.2 Å². The summed E-state index contributed by atoms with van der Waals surface area (Å²) >= 11 is 0. The Morgan fingerprint density at radius 1 is 1.07 bits per heavy atom. The minimum absolute atomic E-state index is 0.0179. The number of halogens is 3. The largest absolute Gasteiger partial charge is 0.435 e. The molecule has 0 aliphatic rings. The van der Waals surface area contributed by atoms with Crippen LogP contribution in [-0.4, -0.2) is 41.2 Å². The number of hydrogen-bond acceptors (Lipinski definition) is 3. The van der Waals surface area contributed by atoms with Crippen molar-refractivity contribution in [1.29, 1.82) is 0 Å². The lowest BCUT2D eigenvalue weighted by Crippen LogP contribution is -2.34. The van der Waals surface area contributed by atoms with E-state index in [1.54, 1.807) is 24.3 Å². The first-order valence-corrected chi connectivity index (χ1v) is 8.98. The van der Waals surface area contributed by atoms with Crippen LogP contribution in [-0.2, 0) is 6.18 Å². The molecule has 0 bridgehead atoms. The van der Waals surface area contributed by atoms with Gasteiger partial charge in [0.05, 0.1) is 11.7 Å². The first kappa shape index (κ1) is 20.6. The van der Waals surface area contributed by atoms with Crippen molar-refractivity contribution in [3.63, 3.8) is 0 Å². The highest BCUT2D eigenvalue weighted by atomic mass is 19.4. The lowest BCUT2D eigenvalue weighted by Gasteiger charge is -2.25. The molecule has 1 amide bonds. The van der Waals surface area contributed by atoms with Gasteiger partial charge in [-0.25, -0.2) is 4.68 Å². The minimum Gasteiger partial charge on any atom is -0.350 e. The molecule has 1 aromatic heterocycles. The standard InChI is InChI=1S/C21H21F3N4O/c1-27(2)18(15-6-4-3-5-7-15)14-25-20(29)16-8-10-17(11-9-16)28-13-12-19(26-28)21(22,23)24/h3-13,18H,14H2,1-2H3,(H,25,29). The van der Waals surface area contributed by atoms with E-state index in [2.05, 4.69) is 10.4 Å². The molecule has 29 heavy (non-hydrogen) atoms. The third kappa shape index (κ3) is 5.03. The molecule has 1 unspecified atom stereocenters. The van der Waals surface area contributed by atoms with E-state index in [-0.39, 0.29) is 11.9 Å². The molecule has 152 valence electrons. The van der Waals surface area contributed by atoms with Gasteiger partial charge in [0.2, 0.25) is 0 Å². The fraction of sp³-hybridized carbons (Fsp3) is 0.238. The average Bonchev–Trinajstić information content (AvgIpc) is 3.19. The maximum Gasteiger partial charge on any atom is 0.435 e. The first-order valence-electron chi connectivity index (χ1n) is 8.98. The van der Waals surface area contributed by atoms with E-state index in [0.717, 1.165) is 16.3 Å². The second-order valence-electron chi connectivity index (χ2n) is 6.79. The molecule has 0 spiro atoms. The van der Waals surface area contributed by atoms with Crippen molar-refractivity contribution in [2.75, 3.05) is 20.6 Å². The summed E-state index contributed by atoms with van der Waals surface area (Å²) in [7, 11) is 3.88. The van der Waals surface area contributed by atoms with Crippen LogP contribution >= 0.6 is 0 Å². The number of benzene rings is 2. The number of rotatable bonds is 6. The van der Waals surface area contributed by atoms with Gasteiger partial charge in [0, 0.05) is 18.3 Å². The Bertz CT molecular complexity index is 950. The Morgan fingerprint density at radius 2 is 1.72 bits per heavy atom. The van der Waals surface area contributed by atoms with Gasteiger partial charge in [-0.3, -0.25) is 4.79 Å². The molecule has 8 heteroatoms. The highest BCUT2D eigenvalue weighted by Crippen LogP contribution is 2.27. The Kier molecular flexibility index (Phi) is 6.03. The molecule has 3 rings (SSSR count). The molecule has 1 heterocycles. The van der Waals surface area contributed by atoms with Gasteiger partial charge in [-0.15, -0.1) is 0 Å². The third-order valence-electron chi connectivity index (χ3n) is 4.54. The number of alkyl halides is 3. The van der Waals surface area contributed by atoms with Gasteiger partial charge in [0.15, 0.2) is 5.69 Å². The van der Waals surface area contributed by atoms with Gasteiger partial charge >= 0.3 is 6.18 Å². The summed E-state index contributed by atoms with van der Waals surface area (Å²) in [4.78, 5) is 14.5. The molecule has 0 aliphatic carbocycles. The van der Waals surface area contributed by atoms with Crippen LogP contribution in [0.1, 0.15) is 27.7 Å². The van der Waals surface area contributed by atoms with Crippen LogP contribution in [0.25, 0.3) is 5.69 Å². The van der Waals surface area contributed by atoms with Crippen molar-refractivity contribution >= 4 is 5.91 Å². The zero-order chi connectivity index (χ0) is 21.0. The van der Waals surface area contributed by atoms with Crippen molar-refractivity contribution < 1.29 is 18.0 Å². The molecule has 1 atom stereocenters. The number of amides is 1. The monoisotopic (exact) mass is 402 g/mol. The Morgan fingerprint density at radius 3 is 2.28 bits per heavy atom. The van der Waals surface area contributed by atoms with Crippen molar-refractivity contribution in [1.82, 2.24) is 20.0 Å². The summed E-state index contributed by atoms with van der Waals surface area (Å²) < 4.78 is 39.2. The van der Waals surface area contributed by atoms with Gasteiger partial charge in [-0.2, -0.15) is 18.3 Å². The van der Waals surface area contributed by atoms with E-state index in [0.29, 0.717) is 17.8 Å². The number of nitrogens with zero attached hydrogens (tertiary/aromatic N) is 3. The molecule has 2 aromatic carbocycles. The van der Waals surface area contributed by atoms with Crippen LogP contribution in [0, 0.1) is 0 Å². The van der Waals surface area contributed by atoms with Gasteiger partial charge in [0.1, 0.15) is 0 Å². The predicted molar refractivity (Wildman–Crippen MR) is 104 cm³/mol. The maximum atomic E-state index is 12.7. The fourth-order valence-corrected chi connectivity index (χ4v) is 2.95. The summed E-state index contributed by atoms with van der Waals surface area (Å²) in [5.74, 6) is -0.254. The lowest BCUT2D eigenvalue weighted by molar-refractivity contribution is -0.141. The predicted octanol–water partition coefficient (Wildman–Crippen LogP) is 3.92. The van der Waals surface area contributed by atoms with Crippen LogP contribution in [0.4, 0.5) is 13.2 Å². The normalized spacial score (nSPS) is 12.8. The SMILES string of the molecule is CN(C)C(CNC(=O)c1ccc(-n2ccc(C(F)(F)F)n2)cc1)c1ccccc1. The molecule has 0 aliphatic heterocycles. The van der Waals surface area contributed by atoms with E-state index in [9.17, 15) is 18.0 Å². The molecule has 3 aromatic rings. The smallest absolute Gasteiger partial charge is 0.350 e. The maximum absolute atomic E-state index is 12.7. The van der Waals surface area contributed by atoms with Crippen molar-refractivity contribution in [2.24, 2.45) is 0 Å². The second-order valence-corrected chi connectivity index (χ2v) is 6.79. The number of likely N-dealkylation sites (N-methyl/N-ethyl adjacent to an activating group) is 1. The highest BCUT2D eigenvalue weighted by molar-refractivity contribution is 5.94. The molecule has 1 N–H and O–H groups in total. The van der Waals surface area contributed by atoms with Crippen LogP contribution in [0.5, 0.6) is 0 Å². The van der Waals surface area contributed by atoms with Crippen molar-refractivity contribution in [3.05, 3.63) is 83.7 Å².